The summed E-state index contributed by atoms with van der Waals surface area (Å²) in [4.78, 5) is 23.8. The van der Waals surface area contributed by atoms with Crippen molar-refractivity contribution in [2.75, 3.05) is 19.0 Å². The Morgan fingerprint density at radius 3 is 1.93 bits per heavy atom. The third kappa shape index (κ3) is 20.4. The Kier molecular flexibility index (Phi) is 21.6. The molecular formula is C21H39O6PS. The maximum Gasteiger partial charge on any atom is 0.327 e. The standard InChI is InChI=1S/C21H39O6PS/c1-2-3-4-8-12-15-21(23)27-19(18-26-28-24)17-25-20(22)14-11-9-6-5-7-10-13-16-29/h19,29H,2-18H2,1H3/t19-/m0/s1. The van der Waals surface area contributed by atoms with E-state index in [2.05, 4.69) is 19.6 Å². The van der Waals surface area contributed by atoms with Crippen LogP contribution in [0.1, 0.15) is 96.8 Å². The molecule has 170 valence electrons. The van der Waals surface area contributed by atoms with Crippen molar-refractivity contribution in [2.24, 2.45) is 0 Å². The van der Waals surface area contributed by atoms with E-state index >= 15 is 0 Å². The van der Waals surface area contributed by atoms with E-state index in [1.54, 1.807) is 0 Å². The molecule has 0 heterocycles. The lowest BCUT2D eigenvalue weighted by Gasteiger charge is -2.16. The van der Waals surface area contributed by atoms with Crippen molar-refractivity contribution in [3.63, 3.8) is 0 Å². The topological polar surface area (TPSA) is 78.9 Å². The van der Waals surface area contributed by atoms with Gasteiger partial charge in [-0.1, -0.05) is 64.7 Å². The summed E-state index contributed by atoms with van der Waals surface area (Å²) in [7, 11) is -0.491. The van der Waals surface area contributed by atoms with Crippen molar-refractivity contribution in [1.29, 1.82) is 0 Å². The van der Waals surface area contributed by atoms with E-state index in [0.29, 0.717) is 12.8 Å². The van der Waals surface area contributed by atoms with Gasteiger partial charge in [-0.15, -0.1) is 0 Å². The summed E-state index contributed by atoms with van der Waals surface area (Å²) in [5.41, 5.74) is 0. The highest BCUT2D eigenvalue weighted by molar-refractivity contribution is 7.80. The van der Waals surface area contributed by atoms with E-state index in [9.17, 15) is 14.2 Å². The Bertz CT molecular complexity index is 422. The first-order chi connectivity index (χ1) is 14.1. The predicted molar refractivity (Wildman–Crippen MR) is 119 cm³/mol. The van der Waals surface area contributed by atoms with Crippen LogP contribution in [-0.4, -0.2) is 37.0 Å². The second kappa shape index (κ2) is 22.0. The Morgan fingerprint density at radius 1 is 0.793 bits per heavy atom. The molecule has 0 spiro atoms. The first-order valence-electron chi connectivity index (χ1n) is 11.0. The van der Waals surface area contributed by atoms with E-state index in [1.165, 1.54) is 25.7 Å². The Balaban J connectivity index is 3.91. The van der Waals surface area contributed by atoms with Crippen LogP contribution in [-0.2, 0) is 28.2 Å². The van der Waals surface area contributed by atoms with Gasteiger partial charge in [0.05, 0.1) is 0 Å². The highest BCUT2D eigenvalue weighted by Crippen LogP contribution is 2.11. The lowest BCUT2D eigenvalue weighted by molar-refractivity contribution is -0.160. The molecule has 1 atom stereocenters. The quantitative estimate of drug-likeness (QED) is 0.0989. The molecule has 8 heteroatoms. The number of rotatable bonds is 21. The van der Waals surface area contributed by atoms with Crippen molar-refractivity contribution < 1.29 is 28.2 Å². The summed E-state index contributed by atoms with van der Waals surface area (Å²) in [6, 6.07) is 0. The molecule has 0 aliphatic rings. The van der Waals surface area contributed by atoms with Crippen molar-refractivity contribution in [3.05, 3.63) is 0 Å². The van der Waals surface area contributed by atoms with Gasteiger partial charge in [0.2, 0.25) is 0 Å². The molecule has 0 N–H and O–H groups in total. The summed E-state index contributed by atoms with van der Waals surface area (Å²) < 4.78 is 25.8. The minimum Gasteiger partial charge on any atom is -0.462 e. The van der Waals surface area contributed by atoms with Crippen LogP contribution in [0.5, 0.6) is 0 Å². The molecule has 0 unspecified atom stereocenters. The third-order valence-corrected chi connectivity index (χ3v) is 5.14. The number of esters is 2. The Hall–Kier alpha value is -0.650. The molecule has 0 fully saturated rings. The number of carbonyl (C=O) groups is 2. The van der Waals surface area contributed by atoms with Gasteiger partial charge in [-0.25, -0.2) is 4.57 Å². The summed E-state index contributed by atoms with van der Waals surface area (Å²) >= 11 is 4.20. The van der Waals surface area contributed by atoms with Crippen LogP contribution in [0.3, 0.4) is 0 Å². The van der Waals surface area contributed by atoms with Gasteiger partial charge in [0.1, 0.15) is 13.2 Å². The van der Waals surface area contributed by atoms with E-state index in [4.69, 9.17) is 14.0 Å². The first kappa shape index (κ1) is 28.4. The van der Waals surface area contributed by atoms with Crippen LogP contribution in [0, 0.1) is 0 Å². The van der Waals surface area contributed by atoms with Gasteiger partial charge >= 0.3 is 20.6 Å². The zero-order valence-corrected chi connectivity index (χ0v) is 19.7. The monoisotopic (exact) mass is 450 g/mol. The van der Waals surface area contributed by atoms with E-state index in [0.717, 1.165) is 57.1 Å². The second-order valence-electron chi connectivity index (χ2n) is 7.28. The van der Waals surface area contributed by atoms with Gasteiger partial charge in [-0.3, -0.25) is 14.1 Å². The molecule has 0 saturated heterocycles. The molecular weight excluding hydrogens is 411 g/mol. The van der Waals surface area contributed by atoms with Crippen molar-refractivity contribution in [1.82, 2.24) is 0 Å². The van der Waals surface area contributed by atoms with Crippen molar-refractivity contribution >= 4 is 33.3 Å². The highest BCUT2D eigenvalue weighted by atomic mass is 32.1. The normalized spacial score (nSPS) is 12.1. The molecule has 0 saturated carbocycles. The number of carbonyl (C=O) groups excluding carboxylic acids is 2. The maximum atomic E-state index is 11.9. The lowest BCUT2D eigenvalue weighted by atomic mass is 10.1. The van der Waals surface area contributed by atoms with Crippen LogP contribution < -0.4 is 0 Å². The SMILES string of the molecule is CCCCCCCC(=O)O[C@H](COP=O)COC(=O)CCCCCCCCCS. The third-order valence-electron chi connectivity index (χ3n) is 4.56. The molecule has 0 aromatic carbocycles. The molecule has 0 bridgehead atoms. The minimum atomic E-state index is -0.727. The lowest BCUT2D eigenvalue weighted by Crippen LogP contribution is -2.28. The molecule has 0 aromatic rings. The van der Waals surface area contributed by atoms with Gasteiger partial charge in [0, 0.05) is 12.8 Å². The molecule has 29 heavy (non-hydrogen) atoms. The van der Waals surface area contributed by atoms with Gasteiger partial charge in [0.25, 0.3) is 0 Å². The zero-order valence-electron chi connectivity index (χ0n) is 17.9. The van der Waals surface area contributed by atoms with Crippen LogP contribution in [0.15, 0.2) is 0 Å². The van der Waals surface area contributed by atoms with E-state index in [-0.39, 0.29) is 25.2 Å². The predicted octanol–water partition coefficient (Wildman–Crippen LogP) is 6.08. The fourth-order valence-electron chi connectivity index (χ4n) is 2.87. The summed E-state index contributed by atoms with van der Waals surface area (Å²) in [5.74, 6) is 0.299. The van der Waals surface area contributed by atoms with Gasteiger partial charge in [0.15, 0.2) is 6.10 Å². The van der Waals surface area contributed by atoms with Crippen molar-refractivity contribution in [2.45, 2.75) is 103 Å². The smallest absolute Gasteiger partial charge is 0.327 e. The molecule has 0 aromatic heterocycles. The number of hydrogen-bond donors (Lipinski definition) is 1. The van der Waals surface area contributed by atoms with Crippen LogP contribution in [0.4, 0.5) is 0 Å². The number of hydrogen-bond acceptors (Lipinski definition) is 7. The Morgan fingerprint density at radius 2 is 1.34 bits per heavy atom. The molecule has 0 aliphatic carbocycles. The van der Waals surface area contributed by atoms with E-state index < -0.39 is 14.8 Å². The molecule has 6 nitrogen and oxygen atoms in total. The second-order valence-corrected chi connectivity index (χ2v) is 8.13. The van der Waals surface area contributed by atoms with Gasteiger partial charge in [-0.05, 0) is 25.0 Å². The number of unbranched alkanes of at least 4 members (excludes halogenated alkanes) is 10. The van der Waals surface area contributed by atoms with E-state index in [1.807, 2.05) is 0 Å². The fourth-order valence-corrected chi connectivity index (χ4v) is 3.32. The van der Waals surface area contributed by atoms with Crippen LogP contribution in [0.2, 0.25) is 0 Å². The summed E-state index contributed by atoms with van der Waals surface area (Å²) in [6.45, 7) is 2.01. The number of thiol groups is 1. The molecule has 0 radical (unpaired) electrons. The summed E-state index contributed by atoms with van der Waals surface area (Å²) in [5, 5.41) is 0. The largest absolute Gasteiger partial charge is 0.462 e. The van der Waals surface area contributed by atoms with Gasteiger partial charge < -0.3 is 9.47 Å². The van der Waals surface area contributed by atoms with Crippen LogP contribution >= 0.6 is 21.3 Å². The minimum absolute atomic E-state index is 0.0633. The first-order valence-corrected chi connectivity index (χ1v) is 12.4. The van der Waals surface area contributed by atoms with Crippen molar-refractivity contribution in [3.8, 4) is 0 Å². The molecule has 0 rings (SSSR count). The average Bonchev–Trinajstić information content (AvgIpc) is 2.71. The number of ether oxygens (including phenoxy) is 2. The average molecular weight is 451 g/mol. The highest BCUT2D eigenvalue weighted by Gasteiger charge is 2.17. The summed E-state index contributed by atoms with van der Waals surface area (Å²) in [6.07, 6.45) is 12.9. The zero-order chi connectivity index (χ0) is 21.6. The fraction of sp³-hybridized carbons (Fsp3) is 0.905. The molecule has 0 amide bonds. The molecule has 0 aliphatic heterocycles. The maximum absolute atomic E-state index is 11.9. The van der Waals surface area contributed by atoms with Crippen LogP contribution in [0.25, 0.3) is 0 Å². The van der Waals surface area contributed by atoms with Gasteiger partial charge in [-0.2, -0.15) is 12.6 Å². The Labute approximate surface area is 183 Å².